The molecule has 0 bridgehead atoms. The van der Waals surface area contributed by atoms with Crippen molar-refractivity contribution < 1.29 is 9.53 Å². The molecule has 4 aromatic rings. The summed E-state index contributed by atoms with van der Waals surface area (Å²) in [7, 11) is 1.60. The summed E-state index contributed by atoms with van der Waals surface area (Å²) < 4.78 is 7.87. The van der Waals surface area contributed by atoms with Crippen molar-refractivity contribution in [2.75, 3.05) is 20.2 Å². The minimum Gasteiger partial charge on any atom is -0.496 e. The Kier molecular flexibility index (Phi) is 6.36. The number of carbonyl (C=O) groups is 1. The van der Waals surface area contributed by atoms with E-state index >= 15 is 0 Å². The van der Waals surface area contributed by atoms with Crippen molar-refractivity contribution in [1.29, 1.82) is 0 Å². The highest BCUT2D eigenvalue weighted by Crippen LogP contribution is 2.36. The quantitative estimate of drug-likeness (QED) is 0.439. The second-order valence-electron chi connectivity index (χ2n) is 8.59. The van der Waals surface area contributed by atoms with Gasteiger partial charge in [0.25, 0.3) is 11.5 Å². The molecule has 0 unspecified atom stereocenters. The number of methoxy groups -OCH3 is 1. The molecular formula is C28H28N4O3S. The summed E-state index contributed by atoms with van der Waals surface area (Å²) in [6.07, 6.45) is 3.80. The third kappa shape index (κ3) is 3.87. The van der Waals surface area contributed by atoms with E-state index in [9.17, 15) is 9.59 Å². The first-order valence-corrected chi connectivity index (χ1v) is 12.8. The summed E-state index contributed by atoms with van der Waals surface area (Å²) in [4.78, 5) is 38.0. The number of H-pyrrole nitrogens is 1. The first-order chi connectivity index (χ1) is 17.5. The standard InChI is InChI=1S/C28H28N4O3S/c1-5-31(6-2)27(34)24-17(3)30-28-32(25(24)20-12-8-10-14-22(20)35-4)26(33)23(36-28)15-18-16-29-21-13-9-7-11-19(18)21/h7-16,25,29H,5-6H2,1-4H3/b23-15+/t25-/m1/s1. The van der Waals surface area contributed by atoms with Gasteiger partial charge in [-0.1, -0.05) is 47.7 Å². The number of rotatable bonds is 6. The molecule has 0 radical (unpaired) electrons. The van der Waals surface area contributed by atoms with Gasteiger partial charge in [0, 0.05) is 41.3 Å². The number of nitrogens with one attached hydrogen (secondary N) is 1. The molecule has 1 aliphatic heterocycles. The molecule has 1 amide bonds. The van der Waals surface area contributed by atoms with E-state index in [2.05, 4.69) is 4.98 Å². The number of amides is 1. The predicted molar refractivity (Wildman–Crippen MR) is 143 cm³/mol. The van der Waals surface area contributed by atoms with Crippen molar-refractivity contribution in [1.82, 2.24) is 14.5 Å². The van der Waals surface area contributed by atoms with Gasteiger partial charge in [-0.05, 0) is 39.0 Å². The minimum absolute atomic E-state index is 0.122. The number of ether oxygens (including phenoxy) is 1. The zero-order valence-corrected chi connectivity index (χ0v) is 21.6. The average molecular weight is 501 g/mol. The van der Waals surface area contributed by atoms with Gasteiger partial charge in [-0.15, -0.1) is 0 Å². The summed E-state index contributed by atoms with van der Waals surface area (Å²) in [6.45, 7) is 6.87. The number of likely N-dealkylation sites (N-methyl/N-ethyl adjacent to an activating group) is 1. The number of para-hydroxylation sites is 2. The van der Waals surface area contributed by atoms with Crippen LogP contribution in [0.3, 0.4) is 0 Å². The topological polar surface area (TPSA) is 79.7 Å². The SMILES string of the molecule is CCN(CC)C(=O)C1=C(C)N=c2s/c(=C/c3c[nH]c4ccccc34)c(=O)n2[C@@H]1c1ccccc1OC. The van der Waals surface area contributed by atoms with E-state index in [1.807, 2.05) is 81.6 Å². The van der Waals surface area contributed by atoms with Gasteiger partial charge in [-0.25, -0.2) is 4.99 Å². The predicted octanol–water partition coefficient (Wildman–Crippen LogP) is 3.59. The van der Waals surface area contributed by atoms with Crippen LogP contribution in [0.1, 0.15) is 37.9 Å². The van der Waals surface area contributed by atoms with Crippen LogP contribution in [0.4, 0.5) is 0 Å². The Morgan fingerprint density at radius 2 is 1.89 bits per heavy atom. The Bertz CT molecular complexity index is 1670. The highest BCUT2D eigenvalue weighted by Gasteiger charge is 2.35. The molecule has 0 fully saturated rings. The fourth-order valence-corrected chi connectivity index (χ4v) is 5.85. The smallest absolute Gasteiger partial charge is 0.271 e. The molecule has 1 N–H and O–H groups in total. The van der Waals surface area contributed by atoms with Crippen LogP contribution in [0.2, 0.25) is 0 Å². The number of aromatic nitrogens is 2. The molecule has 0 saturated heterocycles. The van der Waals surface area contributed by atoms with Crippen molar-refractivity contribution in [3.63, 3.8) is 0 Å². The summed E-state index contributed by atoms with van der Waals surface area (Å²) in [5.41, 5.74) is 3.62. The minimum atomic E-state index is -0.643. The first kappa shape index (κ1) is 23.8. The van der Waals surface area contributed by atoms with Gasteiger partial charge < -0.3 is 14.6 Å². The Balaban J connectivity index is 1.77. The molecule has 36 heavy (non-hydrogen) atoms. The van der Waals surface area contributed by atoms with Gasteiger partial charge >= 0.3 is 0 Å². The second kappa shape index (κ2) is 9.62. The van der Waals surface area contributed by atoms with Crippen molar-refractivity contribution in [2.24, 2.45) is 4.99 Å². The second-order valence-corrected chi connectivity index (χ2v) is 9.60. The number of aromatic amines is 1. The Hall–Kier alpha value is -3.91. The number of hydrogen-bond donors (Lipinski definition) is 1. The van der Waals surface area contributed by atoms with Crippen LogP contribution < -0.4 is 19.6 Å². The van der Waals surface area contributed by atoms with E-state index in [4.69, 9.17) is 9.73 Å². The number of benzene rings is 2. The third-order valence-electron chi connectivity index (χ3n) is 6.64. The number of nitrogens with zero attached hydrogens (tertiary/aromatic N) is 3. The van der Waals surface area contributed by atoms with Crippen LogP contribution in [-0.2, 0) is 4.79 Å². The maximum absolute atomic E-state index is 13.9. The summed E-state index contributed by atoms with van der Waals surface area (Å²) in [6, 6.07) is 14.9. The fourth-order valence-electron chi connectivity index (χ4n) is 4.82. The van der Waals surface area contributed by atoms with Crippen LogP contribution >= 0.6 is 11.3 Å². The summed E-state index contributed by atoms with van der Waals surface area (Å²) in [5, 5.41) is 1.04. The number of carbonyl (C=O) groups excluding carboxylic acids is 1. The van der Waals surface area contributed by atoms with E-state index in [1.165, 1.54) is 11.3 Å². The molecule has 0 aliphatic carbocycles. The van der Waals surface area contributed by atoms with E-state index < -0.39 is 6.04 Å². The van der Waals surface area contributed by atoms with Gasteiger partial charge in [0.15, 0.2) is 4.80 Å². The van der Waals surface area contributed by atoms with E-state index in [-0.39, 0.29) is 11.5 Å². The number of thiazole rings is 1. The lowest BCUT2D eigenvalue weighted by Gasteiger charge is -2.29. The van der Waals surface area contributed by atoms with Gasteiger partial charge in [0.2, 0.25) is 0 Å². The zero-order chi connectivity index (χ0) is 25.4. The number of allylic oxidation sites excluding steroid dienone is 1. The maximum Gasteiger partial charge on any atom is 0.271 e. The van der Waals surface area contributed by atoms with Crippen molar-refractivity contribution in [3.05, 3.63) is 96.8 Å². The number of fused-ring (bicyclic) bond motifs is 2. The molecule has 7 nitrogen and oxygen atoms in total. The van der Waals surface area contributed by atoms with Gasteiger partial charge in [0.05, 0.1) is 22.9 Å². The first-order valence-electron chi connectivity index (χ1n) is 12.0. The maximum atomic E-state index is 13.9. The molecule has 1 atom stereocenters. The molecule has 2 aromatic heterocycles. The van der Waals surface area contributed by atoms with Crippen LogP contribution in [0, 0.1) is 0 Å². The molecule has 1 aliphatic rings. The number of hydrogen-bond acceptors (Lipinski definition) is 5. The fraction of sp³-hybridized carbons (Fsp3) is 0.250. The van der Waals surface area contributed by atoms with Gasteiger partial charge in [-0.2, -0.15) is 0 Å². The lowest BCUT2D eigenvalue weighted by Crippen LogP contribution is -2.43. The van der Waals surface area contributed by atoms with Crippen LogP contribution in [0.25, 0.3) is 17.0 Å². The van der Waals surface area contributed by atoms with Gasteiger partial charge in [0.1, 0.15) is 11.8 Å². The van der Waals surface area contributed by atoms with E-state index in [0.29, 0.717) is 39.4 Å². The molecule has 8 heteroatoms. The third-order valence-corrected chi connectivity index (χ3v) is 7.63. The summed E-state index contributed by atoms with van der Waals surface area (Å²) >= 11 is 1.33. The molecule has 0 saturated carbocycles. The van der Waals surface area contributed by atoms with E-state index in [1.54, 1.807) is 16.6 Å². The van der Waals surface area contributed by atoms with Crippen molar-refractivity contribution in [2.45, 2.75) is 26.8 Å². The normalized spacial score (nSPS) is 15.7. The molecule has 0 spiro atoms. The lowest BCUT2D eigenvalue weighted by molar-refractivity contribution is -0.127. The monoisotopic (exact) mass is 500 g/mol. The lowest BCUT2D eigenvalue weighted by atomic mass is 9.94. The van der Waals surface area contributed by atoms with Crippen molar-refractivity contribution >= 4 is 34.2 Å². The molecule has 3 heterocycles. The zero-order valence-electron chi connectivity index (χ0n) is 20.7. The van der Waals surface area contributed by atoms with E-state index in [0.717, 1.165) is 22.0 Å². The van der Waals surface area contributed by atoms with Gasteiger partial charge in [-0.3, -0.25) is 14.2 Å². The highest BCUT2D eigenvalue weighted by molar-refractivity contribution is 7.07. The highest BCUT2D eigenvalue weighted by atomic mass is 32.1. The van der Waals surface area contributed by atoms with Crippen LogP contribution in [0.5, 0.6) is 5.75 Å². The largest absolute Gasteiger partial charge is 0.496 e. The Morgan fingerprint density at radius 3 is 2.64 bits per heavy atom. The molecule has 184 valence electrons. The Labute approximate surface area is 212 Å². The molecular weight excluding hydrogens is 472 g/mol. The molecule has 5 rings (SSSR count). The van der Waals surface area contributed by atoms with Crippen LogP contribution in [0.15, 0.2) is 75.8 Å². The average Bonchev–Trinajstić information content (AvgIpc) is 3.44. The van der Waals surface area contributed by atoms with Crippen LogP contribution in [-0.4, -0.2) is 40.6 Å². The molecule has 2 aromatic carbocycles. The Morgan fingerprint density at radius 1 is 1.17 bits per heavy atom. The summed E-state index contributed by atoms with van der Waals surface area (Å²) in [5.74, 6) is 0.497. The van der Waals surface area contributed by atoms with Crippen molar-refractivity contribution in [3.8, 4) is 5.75 Å².